The largest absolute Gasteiger partial charge is 0.490 e. The molecule has 7 nitrogen and oxygen atoms in total. The van der Waals surface area contributed by atoms with E-state index >= 15 is 0 Å². The molecule has 0 fully saturated rings. The highest BCUT2D eigenvalue weighted by molar-refractivity contribution is 9.10. The van der Waals surface area contributed by atoms with Crippen molar-refractivity contribution in [1.29, 1.82) is 0 Å². The van der Waals surface area contributed by atoms with Crippen LogP contribution in [-0.4, -0.2) is 35.1 Å². The molecule has 0 bridgehead atoms. The number of nitrogens with zero attached hydrogens (tertiary/aromatic N) is 3. The normalized spacial score (nSPS) is 16.9. The Balaban J connectivity index is 1.89. The minimum Gasteiger partial charge on any atom is -0.490 e. The number of amides is 1. The molecule has 1 N–H and O–H groups in total. The molecule has 2 aliphatic heterocycles. The second-order valence-electron chi connectivity index (χ2n) is 6.87. The number of nitrogens with one attached hydrogen (secondary N) is 1. The fraction of sp³-hybridized carbons (Fsp3) is 0.261. The standard InChI is InChI=1S/C23H23BrN4O3S/c1-4-11-31-20-16(24)12-14(13-18(20)30-5-2)21-25-17-10-8-7-9-15(17)19-22(29)26-23(32-6-3)27-28(19)21/h4,7-10,12-13,21H,1,5-6,11H2,2-3H3,(H,26,27,29)/t21-/m1/s1. The van der Waals surface area contributed by atoms with Gasteiger partial charge >= 0.3 is 0 Å². The van der Waals surface area contributed by atoms with E-state index in [1.807, 2.05) is 50.2 Å². The van der Waals surface area contributed by atoms with Crippen LogP contribution in [0.4, 0.5) is 0 Å². The third-order valence-corrected chi connectivity index (χ3v) is 6.11. The summed E-state index contributed by atoms with van der Waals surface area (Å²) in [5, 5.41) is 11.4. The van der Waals surface area contributed by atoms with E-state index in [1.165, 1.54) is 11.8 Å². The molecule has 2 heterocycles. The van der Waals surface area contributed by atoms with Crippen molar-refractivity contribution in [3.05, 3.63) is 69.7 Å². The number of hydrogen-bond donors (Lipinski definition) is 1. The monoisotopic (exact) mass is 514 g/mol. The van der Waals surface area contributed by atoms with Crippen molar-refractivity contribution in [2.24, 2.45) is 10.1 Å². The first-order chi connectivity index (χ1) is 15.6. The first-order valence-electron chi connectivity index (χ1n) is 10.3. The predicted octanol–water partition coefficient (Wildman–Crippen LogP) is 3.31. The fourth-order valence-electron chi connectivity index (χ4n) is 3.53. The number of carbonyl (C=O) groups is 1. The van der Waals surface area contributed by atoms with Gasteiger partial charge in [0, 0.05) is 10.8 Å². The fourth-order valence-corrected chi connectivity index (χ4v) is 4.69. The lowest BCUT2D eigenvalue weighted by Gasteiger charge is -2.34. The molecular weight excluding hydrogens is 492 g/mol. The number of para-hydroxylation sites is 1. The maximum Gasteiger partial charge on any atom is 0.276 e. The maximum absolute atomic E-state index is 13.1. The Morgan fingerprint density at radius 2 is 2.09 bits per heavy atom. The van der Waals surface area contributed by atoms with Gasteiger partial charge in [-0.1, -0.05) is 49.5 Å². The van der Waals surface area contributed by atoms with Crippen LogP contribution < -0.4 is 25.4 Å². The van der Waals surface area contributed by atoms with Crippen molar-refractivity contribution >= 4 is 44.5 Å². The quantitative estimate of drug-likeness (QED) is 0.573. The van der Waals surface area contributed by atoms with Crippen LogP contribution in [0.3, 0.4) is 0 Å². The topological polar surface area (TPSA) is 75.5 Å². The van der Waals surface area contributed by atoms with Gasteiger partial charge in [-0.25, -0.2) is 5.01 Å². The third-order valence-electron chi connectivity index (χ3n) is 4.77. The molecular formula is C23H23BrN4O3S. The van der Waals surface area contributed by atoms with E-state index in [2.05, 4.69) is 27.8 Å². The number of carbonyl (C=O) groups excluding carboxylic acids is 1. The SMILES string of the molecule is C=CCOc1c(Br)cc([C@@H]2N=c3ccccc3=C3C(=O)NC(SCC)=NN32)cc1OCC. The molecule has 32 heavy (non-hydrogen) atoms. The van der Waals surface area contributed by atoms with Gasteiger partial charge < -0.3 is 9.47 Å². The molecule has 9 heteroatoms. The summed E-state index contributed by atoms with van der Waals surface area (Å²) in [5.41, 5.74) is 1.29. The zero-order chi connectivity index (χ0) is 22.7. The number of thioether (sulfide) groups is 1. The molecule has 2 aromatic carbocycles. The minimum absolute atomic E-state index is 0.196. The molecule has 0 radical (unpaired) electrons. The van der Waals surface area contributed by atoms with E-state index in [1.54, 1.807) is 11.1 Å². The van der Waals surface area contributed by atoms with Crippen LogP contribution in [-0.2, 0) is 4.79 Å². The smallest absolute Gasteiger partial charge is 0.276 e. The Morgan fingerprint density at radius 1 is 1.28 bits per heavy atom. The van der Waals surface area contributed by atoms with Crippen molar-refractivity contribution in [2.75, 3.05) is 19.0 Å². The average molecular weight is 515 g/mol. The van der Waals surface area contributed by atoms with E-state index in [9.17, 15) is 4.79 Å². The predicted molar refractivity (Wildman–Crippen MR) is 130 cm³/mol. The number of ether oxygens (including phenoxy) is 2. The van der Waals surface area contributed by atoms with Gasteiger partial charge in [-0.05, 0) is 46.8 Å². The Hall–Kier alpha value is -2.78. The van der Waals surface area contributed by atoms with Crippen molar-refractivity contribution in [1.82, 2.24) is 10.3 Å². The van der Waals surface area contributed by atoms with E-state index in [0.29, 0.717) is 35.6 Å². The molecule has 1 atom stereocenters. The van der Waals surface area contributed by atoms with Crippen LogP contribution in [0, 0.1) is 0 Å². The highest BCUT2D eigenvalue weighted by Gasteiger charge is 2.35. The first-order valence-corrected chi connectivity index (χ1v) is 12.0. The number of fused-ring (bicyclic) bond motifs is 2. The summed E-state index contributed by atoms with van der Waals surface area (Å²) in [6.45, 7) is 8.46. The van der Waals surface area contributed by atoms with Gasteiger partial charge in [0.2, 0.25) is 0 Å². The van der Waals surface area contributed by atoms with Gasteiger partial charge in [0.15, 0.2) is 22.8 Å². The molecule has 1 amide bonds. The minimum atomic E-state index is -0.539. The van der Waals surface area contributed by atoms with Crippen LogP contribution in [0.5, 0.6) is 11.5 Å². The third kappa shape index (κ3) is 4.27. The van der Waals surface area contributed by atoms with Crippen LogP contribution >= 0.6 is 27.7 Å². The number of benzene rings is 2. The van der Waals surface area contributed by atoms with Gasteiger partial charge in [0.05, 0.1) is 16.4 Å². The number of halogens is 1. The molecule has 2 aliphatic rings. The summed E-state index contributed by atoms with van der Waals surface area (Å²) in [6.07, 6.45) is 1.14. The van der Waals surface area contributed by atoms with Crippen LogP contribution in [0.25, 0.3) is 5.70 Å². The maximum atomic E-state index is 13.1. The number of hydrazone groups is 1. The summed E-state index contributed by atoms with van der Waals surface area (Å²) < 4.78 is 12.4. The van der Waals surface area contributed by atoms with Crippen LogP contribution in [0.15, 0.2) is 63.6 Å². The zero-order valence-electron chi connectivity index (χ0n) is 17.8. The zero-order valence-corrected chi connectivity index (χ0v) is 20.2. The molecule has 4 rings (SSSR count). The highest BCUT2D eigenvalue weighted by atomic mass is 79.9. The number of hydrogen-bond acceptors (Lipinski definition) is 7. The summed E-state index contributed by atoms with van der Waals surface area (Å²) in [4.78, 5) is 18.0. The molecule has 2 aromatic rings. The van der Waals surface area contributed by atoms with E-state index < -0.39 is 6.17 Å². The molecule has 0 saturated carbocycles. The lowest BCUT2D eigenvalue weighted by Crippen LogP contribution is -2.50. The van der Waals surface area contributed by atoms with E-state index in [0.717, 1.165) is 26.4 Å². The second kappa shape index (κ2) is 9.79. The molecule has 0 aromatic heterocycles. The molecule has 0 spiro atoms. The Kier molecular flexibility index (Phi) is 6.86. The highest BCUT2D eigenvalue weighted by Crippen LogP contribution is 2.41. The van der Waals surface area contributed by atoms with Crippen molar-refractivity contribution in [3.63, 3.8) is 0 Å². The average Bonchev–Trinajstić information content (AvgIpc) is 2.78. The van der Waals surface area contributed by atoms with E-state index in [-0.39, 0.29) is 5.91 Å². The lowest BCUT2D eigenvalue weighted by atomic mass is 10.1. The lowest BCUT2D eigenvalue weighted by molar-refractivity contribution is -0.116. The summed E-state index contributed by atoms with van der Waals surface area (Å²) >= 11 is 5.08. The van der Waals surface area contributed by atoms with Crippen molar-refractivity contribution < 1.29 is 14.3 Å². The Bertz CT molecular complexity index is 1210. The Labute approximate surface area is 199 Å². The number of amidine groups is 1. The Morgan fingerprint density at radius 3 is 2.84 bits per heavy atom. The van der Waals surface area contributed by atoms with Crippen LogP contribution in [0.1, 0.15) is 25.6 Å². The molecule has 166 valence electrons. The molecule has 0 unspecified atom stereocenters. The summed E-state index contributed by atoms with van der Waals surface area (Å²) in [7, 11) is 0. The number of rotatable bonds is 7. The van der Waals surface area contributed by atoms with Gasteiger partial charge in [-0.3, -0.25) is 15.1 Å². The molecule has 0 aliphatic carbocycles. The first kappa shape index (κ1) is 22.4. The van der Waals surface area contributed by atoms with Gasteiger partial charge in [0.25, 0.3) is 5.91 Å². The van der Waals surface area contributed by atoms with Crippen LogP contribution in [0.2, 0.25) is 0 Å². The van der Waals surface area contributed by atoms with Crippen molar-refractivity contribution in [2.45, 2.75) is 20.0 Å². The molecule has 0 saturated heterocycles. The second-order valence-corrected chi connectivity index (χ2v) is 8.98. The van der Waals surface area contributed by atoms with E-state index in [4.69, 9.17) is 19.6 Å². The van der Waals surface area contributed by atoms with Gasteiger partial charge in [0.1, 0.15) is 12.3 Å². The van der Waals surface area contributed by atoms with Gasteiger partial charge in [-0.2, -0.15) is 0 Å². The van der Waals surface area contributed by atoms with Gasteiger partial charge in [-0.15, -0.1) is 5.10 Å². The summed E-state index contributed by atoms with van der Waals surface area (Å²) in [5.74, 6) is 1.77. The van der Waals surface area contributed by atoms with Crippen molar-refractivity contribution in [3.8, 4) is 11.5 Å². The summed E-state index contributed by atoms with van der Waals surface area (Å²) in [6, 6.07) is 11.4.